The van der Waals surface area contributed by atoms with Crippen LogP contribution in [0.1, 0.15) is 23.2 Å². The second-order valence-corrected chi connectivity index (χ2v) is 5.34. The number of amides is 1. The summed E-state index contributed by atoms with van der Waals surface area (Å²) in [5.74, 6) is 0.0972. The Morgan fingerprint density at radius 2 is 2.28 bits per heavy atom. The van der Waals surface area contributed by atoms with Gasteiger partial charge in [-0.15, -0.1) is 12.4 Å². The average molecular weight is 334 g/mol. The number of likely N-dealkylation sites (N-methyl/N-ethyl adjacent to an activating group) is 1. The van der Waals surface area contributed by atoms with Gasteiger partial charge in [-0.25, -0.2) is 0 Å². The summed E-state index contributed by atoms with van der Waals surface area (Å²) in [5, 5.41) is 3.33. The lowest BCUT2D eigenvalue weighted by molar-refractivity contribution is 0.0708. The molecule has 3 nitrogen and oxygen atoms in total. The fraction of sp³-hybridized carbons (Fsp3) is 0.462. The Hall–Kier alpha value is -0.580. The highest BCUT2D eigenvalue weighted by Gasteiger charge is 2.22. The Bertz CT molecular complexity index is 408. The standard InChI is InChI=1S/C13H17BrN2O.ClH/c1-16(12-6-3-7-15-9-12)13(17)10-4-2-5-11(14)8-10;/h2,4-5,8,12,15H,3,6-7,9H2,1H3;1H/t12-;/m0./s1. The minimum absolute atomic E-state index is 0. The summed E-state index contributed by atoms with van der Waals surface area (Å²) in [5.41, 5.74) is 0.743. The van der Waals surface area contributed by atoms with Crippen LogP contribution >= 0.6 is 28.3 Å². The Balaban J connectivity index is 0.00000162. The first-order valence-electron chi connectivity index (χ1n) is 5.92. The van der Waals surface area contributed by atoms with Gasteiger partial charge >= 0.3 is 0 Å². The molecule has 1 heterocycles. The van der Waals surface area contributed by atoms with Gasteiger partial charge in [-0.3, -0.25) is 4.79 Å². The monoisotopic (exact) mass is 332 g/mol. The van der Waals surface area contributed by atoms with E-state index in [0.29, 0.717) is 6.04 Å². The van der Waals surface area contributed by atoms with Gasteiger partial charge in [0.25, 0.3) is 5.91 Å². The quantitative estimate of drug-likeness (QED) is 0.902. The maximum Gasteiger partial charge on any atom is 0.253 e. The summed E-state index contributed by atoms with van der Waals surface area (Å²) in [7, 11) is 1.89. The molecule has 0 aliphatic carbocycles. The van der Waals surface area contributed by atoms with Crippen LogP contribution < -0.4 is 5.32 Å². The molecule has 0 spiro atoms. The van der Waals surface area contributed by atoms with Crippen LogP contribution in [0.25, 0.3) is 0 Å². The number of nitrogens with zero attached hydrogens (tertiary/aromatic N) is 1. The van der Waals surface area contributed by atoms with Crippen LogP contribution in [0.5, 0.6) is 0 Å². The second kappa shape index (κ2) is 7.12. The zero-order chi connectivity index (χ0) is 12.3. The van der Waals surface area contributed by atoms with E-state index in [0.717, 1.165) is 36.0 Å². The molecule has 5 heteroatoms. The molecular weight excluding hydrogens is 316 g/mol. The third-order valence-corrected chi connectivity index (χ3v) is 3.70. The van der Waals surface area contributed by atoms with Gasteiger partial charge < -0.3 is 10.2 Å². The summed E-state index contributed by atoms with van der Waals surface area (Å²) in [6.07, 6.45) is 2.23. The van der Waals surface area contributed by atoms with E-state index in [1.165, 1.54) is 0 Å². The van der Waals surface area contributed by atoms with E-state index in [1.807, 2.05) is 36.2 Å². The molecule has 0 aromatic heterocycles. The molecule has 100 valence electrons. The van der Waals surface area contributed by atoms with Gasteiger partial charge in [0.15, 0.2) is 0 Å². The first kappa shape index (κ1) is 15.5. The molecule has 1 saturated heterocycles. The number of halogens is 2. The number of hydrogen-bond acceptors (Lipinski definition) is 2. The summed E-state index contributed by atoms with van der Waals surface area (Å²) in [4.78, 5) is 14.1. The molecule has 0 radical (unpaired) electrons. The summed E-state index contributed by atoms with van der Waals surface area (Å²) >= 11 is 3.39. The van der Waals surface area contributed by atoms with Crippen LogP contribution in [-0.4, -0.2) is 37.0 Å². The number of hydrogen-bond donors (Lipinski definition) is 1. The minimum Gasteiger partial charge on any atom is -0.337 e. The first-order valence-corrected chi connectivity index (χ1v) is 6.71. The van der Waals surface area contributed by atoms with Gasteiger partial charge in [-0.2, -0.15) is 0 Å². The molecule has 1 fully saturated rings. The van der Waals surface area contributed by atoms with Gasteiger partial charge in [-0.05, 0) is 37.6 Å². The first-order chi connectivity index (χ1) is 8.18. The maximum atomic E-state index is 12.3. The lowest BCUT2D eigenvalue weighted by Crippen LogP contribution is -2.46. The van der Waals surface area contributed by atoms with Crippen LogP contribution in [0.2, 0.25) is 0 Å². The topological polar surface area (TPSA) is 32.3 Å². The van der Waals surface area contributed by atoms with Gasteiger partial charge in [-0.1, -0.05) is 22.0 Å². The highest BCUT2D eigenvalue weighted by Crippen LogP contribution is 2.16. The normalized spacial score (nSPS) is 18.9. The van der Waals surface area contributed by atoms with Crippen LogP contribution in [0.3, 0.4) is 0 Å². The van der Waals surface area contributed by atoms with Gasteiger partial charge in [0.05, 0.1) is 0 Å². The minimum atomic E-state index is 0. The maximum absolute atomic E-state index is 12.3. The second-order valence-electron chi connectivity index (χ2n) is 4.43. The van der Waals surface area contributed by atoms with Crippen LogP contribution in [-0.2, 0) is 0 Å². The van der Waals surface area contributed by atoms with E-state index in [4.69, 9.17) is 0 Å². The molecule has 0 bridgehead atoms. The van der Waals surface area contributed by atoms with Gasteiger partial charge in [0, 0.05) is 29.7 Å². The van der Waals surface area contributed by atoms with Crippen LogP contribution in [0.4, 0.5) is 0 Å². The molecule has 2 rings (SSSR count). The van der Waals surface area contributed by atoms with E-state index >= 15 is 0 Å². The van der Waals surface area contributed by atoms with Crippen molar-refractivity contribution >= 4 is 34.2 Å². The molecule has 1 aliphatic rings. The van der Waals surface area contributed by atoms with E-state index in [1.54, 1.807) is 0 Å². The number of carbonyl (C=O) groups is 1. The predicted octanol–water partition coefficient (Wildman–Crippen LogP) is 2.69. The Labute approximate surface area is 122 Å². The zero-order valence-corrected chi connectivity index (χ0v) is 12.8. The number of nitrogens with one attached hydrogen (secondary N) is 1. The third-order valence-electron chi connectivity index (χ3n) is 3.21. The Morgan fingerprint density at radius 3 is 2.89 bits per heavy atom. The van der Waals surface area contributed by atoms with Gasteiger partial charge in [0.2, 0.25) is 0 Å². The lowest BCUT2D eigenvalue weighted by Gasteiger charge is -2.31. The van der Waals surface area contributed by atoms with Crippen molar-refractivity contribution in [3.05, 3.63) is 34.3 Å². The number of carbonyl (C=O) groups excluding carboxylic acids is 1. The highest BCUT2D eigenvalue weighted by atomic mass is 79.9. The molecular formula is C13H18BrClN2O. The van der Waals surface area contributed by atoms with Crippen molar-refractivity contribution in [1.29, 1.82) is 0 Å². The van der Waals surface area contributed by atoms with Crippen molar-refractivity contribution in [2.45, 2.75) is 18.9 Å². The number of rotatable bonds is 2. The van der Waals surface area contributed by atoms with Crippen molar-refractivity contribution in [3.8, 4) is 0 Å². The number of benzene rings is 1. The summed E-state index contributed by atoms with van der Waals surface area (Å²) in [6.45, 7) is 1.96. The lowest BCUT2D eigenvalue weighted by atomic mass is 10.1. The van der Waals surface area contributed by atoms with Crippen LogP contribution in [0.15, 0.2) is 28.7 Å². The fourth-order valence-corrected chi connectivity index (χ4v) is 2.55. The largest absolute Gasteiger partial charge is 0.337 e. The van der Waals surface area contributed by atoms with Crippen LogP contribution in [0, 0.1) is 0 Å². The highest BCUT2D eigenvalue weighted by molar-refractivity contribution is 9.10. The van der Waals surface area contributed by atoms with E-state index in [2.05, 4.69) is 21.2 Å². The summed E-state index contributed by atoms with van der Waals surface area (Å²) in [6, 6.07) is 7.87. The molecule has 1 aliphatic heterocycles. The average Bonchev–Trinajstić information content (AvgIpc) is 2.38. The fourth-order valence-electron chi connectivity index (χ4n) is 2.15. The Morgan fingerprint density at radius 1 is 1.50 bits per heavy atom. The molecule has 0 saturated carbocycles. The molecule has 1 N–H and O–H groups in total. The summed E-state index contributed by atoms with van der Waals surface area (Å²) < 4.78 is 0.943. The molecule has 0 unspecified atom stereocenters. The number of piperidine rings is 1. The van der Waals surface area contributed by atoms with E-state index in [-0.39, 0.29) is 18.3 Å². The smallest absolute Gasteiger partial charge is 0.253 e. The SMILES string of the molecule is CN(C(=O)c1cccc(Br)c1)[C@H]1CCCNC1.Cl. The van der Waals surface area contributed by atoms with Crippen molar-refractivity contribution < 1.29 is 4.79 Å². The van der Waals surface area contributed by atoms with E-state index in [9.17, 15) is 4.79 Å². The molecule has 18 heavy (non-hydrogen) atoms. The van der Waals surface area contributed by atoms with E-state index < -0.39 is 0 Å². The molecule has 1 aromatic rings. The van der Waals surface area contributed by atoms with Crippen molar-refractivity contribution in [3.63, 3.8) is 0 Å². The van der Waals surface area contributed by atoms with Crippen molar-refractivity contribution in [2.75, 3.05) is 20.1 Å². The molecule has 1 atom stereocenters. The molecule has 1 aromatic carbocycles. The predicted molar refractivity (Wildman–Crippen MR) is 79.4 cm³/mol. The third kappa shape index (κ3) is 3.70. The molecule has 1 amide bonds. The zero-order valence-electron chi connectivity index (χ0n) is 10.4. The van der Waals surface area contributed by atoms with Crippen molar-refractivity contribution in [2.24, 2.45) is 0 Å². The van der Waals surface area contributed by atoms with Crippen molar-refractivity contribution in [1.82, 2.24) is 10.2 Å². The Kier molecular flexibility index (Phi) is 6.12. The van der Waals surface area contributed by atoms with Gasteiger partial charge in [0.1, 0.15) is 0 Å².